The fourth-order valence-corrected chi connectivity index (χ4v) is 4.21. The van der Waals surface area contributed by atoms with Crippen molar-refractivity contribution in [3.8, 4) is 0 Å². The van der Waals surface area contributed by atoms with E-state index in [1.165, 1.54) is 37.5 Å². The molecule has 1 fully saturated rings. The summed E-state index contributed by atoms with van der Waals surface area (Å²) in [5.74, 6) is -7.15. The monoisotopic (exact) mass is 487 g/mol. The molecule has 1 atom stereocenters. The molecule has 1 aromatic carbocycles. The zero-order valence-electron chi connectivity index (χ0n) is 18.2. The van der Waals surface area contributed by atoms with Gasteiger partial charge in [0.15, 0.2) is 17.0 Å². The van der Waals surface area contributed by atoms with Crippen molar-refractivity contribution in [3.05, 3.63) is 70.7 Å². The minimum Gasteiger partial charge on any atom is -0.504 e. The maximum absolute atomic E-state index is 13.4. The summed E-state index contributed by atoms with van der Waals surface area (Å²) in [6.45, 7) is -1.59. The van der Waals surface area contributed by atoms with Crippen LogP contribution in [0.4, 0.5) is 13.2 Å². The van der Waals surface area contributed by atoms with Crippen LogP contribution in [0.1, 0.15) is 5.56 Å². The number of nitrogens with zero attached hydrogens (tertiary/aromatic N) is 3. The number of likely N-dealkylation sites (tertiary alicyclic amines) is 1. The van der Waals surface area contributed by atoms with Crippen LogP contribution in [0.15, 0.2) is 64.3 Å². The molecular formula is C23H18F3N4O5+. The van der Waals surface area contributed by atoms with Gasteiger partial charge in [-0.2, -0.15) is 0 Å². The Morgan fingerprint density at radius 3 is 2.60 bits per heavy atom. The number of aliphatic imine (C=N–C) groups is 1. The summed E-state index contributed by atoms with van der Waals surface area (Å²) < 4.78 is 46.9. The first kappa shape index (κ1) is 22.6. The summed E-state index contributed by atoms with van der Waals surface area (Å²) in [5, 5.41) is 12.9. The van der Waals surface area contributed by atoms with Crippen molar-refractivity contribution < 1.29 is 42.0 Å². The molecule has 9 nitrogen and oxygen atoms in total. The van der Waals surface area contributed by atoms with Crippen LogP contribution in [-0.4, -0.2) is 75.9 Å². The number of benzene rings is 1. The molecule has 1 unspecified atom stereocenters. The standard InChI is InChI=1S/C23H17F3N4O5/c1-27-20(32)15-18(31)16-17-19(12(7-28-16)6-11-2-4-13(24)5-3-11)35-14(8-30(17)22(15)34)21(33)29-9-23(25,26)10-29/h2-5,7-8,19H,6,9-10H2,1H3,(H-,27,31,32,34)/p+1. The summed E-state index contributed by atoms with van der Waals surface area (Å²) in [7, 11) is 1.27. The Bertz CT molecular complexity index is 1330. The Morgan fingerprint density at radius 1 is 1.29 bits per heavy atom. The van der Waals surface area contributed by atoms with E-state index in [1.54, 1.807) is 0 Å². The number of aliphatic hydroxyl groups excluding tert-OH is 1. The van der Waals surface area contributed by atoms with Crippen molar-refractivity contribution in [2.75, 3.05) is 20.1 Å². The first-order valence-electron chi connectivity index (χ1n) is 10.5. The molecule has 0 aliphatic carbocycles. The third-order valence-electron chi connectivity index (χ3n) is 5.95. The number of hydrogen-bond acceptors (Lipinski definition) is 6. The van der Waals surface area contributed by atoms with Gasteiger partial charge in [-0.05, 0) is 24.1 Å². The van der Waals surface area contributed by atoms with Crippen LogP contribution in [0, 0.1) is 5.82 Å². The summed E-state index contributed by atoms with van der Waals surface area (Å²) in [6, 6.07) is 5.61. The Hall–Kier alpha value is -4.22. The van der Waals surface area contributed by atoms with E-state index in [2.05, 4.69) is 10.3 Å². The number of alkyl halides is 2. The van der Waals surface area contributed by atoms with Gasteiger partial charge in [0, 0.05) is 18.8 Å². The van der Waals surface area contributed by atoms with Crippen LogP contribution in [0.25, 0.3) is 0 Å². The van der Waals surface area contributed by atoms with Gasteiger partial charge in [0.05, 0.1) is 13.1 Å². The van der Waals surface area contributed by atoms with Gasteiger partial charge in [-0.25, -0.2) is 23.0 Å². The normalized spacial score (nSPS) is 22.4. The number of carbonyl (C=O) groups excluding carboxylic acids is 3. The van der Waals surface area contributed by atoms with Crippen LogP contribution in [-0.2, 0) is 25.5 Å². The molecule has 12 heteroatoms. The zero-order chi connectivity index (χ0) is 25.1. The first-order chi connectivity index (χ1) is 16.6. The molecule has 4 aliphatic rings. The fraction of sp³-hybridized carbons (Fsp3) is 0.261. The molecule has 4 aliphatic heterocycles. The molecule has 0 radical (unpaired) electrons. The Labute approximate surface area is 196 Å². The average Bonchev–Trinajstić information content (AvgIpc) is 2.82. The Balaban J connectivity index is 1.59. The highest BCUT2D eigenvalue weighted by Gasteiger charge is 2.54. The highest BCUT2D eigenvalue weighted by molar-refractivity contribution is 6.52. The van der Waals surface area contributed by atoms with Gasteiger partial charge in [-0.15, -0.1) is 4.58 Å². The van der Waals surface area contributed by atoms with E-state index in [1.807, 2.05) is 0 Å². The lowest BCUT2D eigenvalue weighted by atomic mass is 9.89. The predicted molar refractivity (Wildman–Crippen MR) is 114 cm³/mol. The number of halogens is 3. The quantitative estimate of drug-likeness (QED) is 0.486. The van der Waals surface area contributed by atoms with Gasteiger partial charge in [0.25, 0.3) is 29.2 Å². The molecule has 3 amide bonds. The molecular weight excluding hydrogens is 469 g/mol. The van der Waals surface area contributed by atoms with Gasteiger partial charge in [0.1, 0.15) is 5.82 Å². The summed E-state index contributed by atoms with van der Waals surface area (Å²) in [6.07, 6.45) is 1.46. The number of carbonyl (C=O) groups is 3. The van der Waals surface area contributed by atoms with Crippen molar-refractivity contribution in [2.45, 2.75) is 18.4 Å². The van der Waals surface area contributed by atoms with Gasteiger partial charge in [-0.3, -0.25) is 9.59 Å². The summed E-state index contributed by atoms with van der Waals surface area (Å²) in [4.78, 5) is 43.5. The molecule has 0 spiro atoms. The topological polar surface area (TPSA) is 111 Å². The number of ether oxygens (including phenoxy) is 1. The van der Waals surface area contributed by atoms with Crippen LogP contribution < -0.4 is 5.32 Å². The predicted octanol–water partition coefficient (Wildman–Crippen LogP) is 0.976. The van der Waals surface area contributed by atoms with E-state index in [9.17, 15) is 32.7 Å². The van der Waals surface area contributed by atoms with E-state index in [-0.39, 0.29) is 23.6 Å². The van der Waals surface area contributed by atoms with Crippen molar-refractivity contribution in [1.82, 2.24) is 10.2 Å². The lowest BCUT2D eigenvalue weighted by Gasteiger charge is -2.39. The number of nitrogens with one attached hydrogen (secondary N) is 1. The van der Waals surface area contributed by atoms with Crippen LogP contribution >= 0.6 is 0 Å². The molecule has 1 aromatic rings. The second-order valence-electron chi connectivity index (χ2n) is 8.36. The minimum absolute atomic E-state index is 0.0743. The summed E-state index contributed by atoms with van der Waals surface area (Å²) in [5.41, 5.74) is 0.505. The molecule has 4 heterocycles. The molecule has 1 saturated heterocycles. The van der Waals surface area contributed by atoms with Crippen LogP contribution in [0.3, 0.4) is 0 Å². The van der Waals surface area contributed by atoms with Crippen LogP contribution in [0.5, 0.6) is 0 Å². The third kappa shape index (κ3) is 3.70. The number of hydrogen-bond donors (Lipinski definition) is 2. The van der Waals surface area contributed by atoms with Crippen LogP contribution in [0.2, 0.25) is 0 Å². The van der Waals surface area contributed by atoms with E-state index in [4.69, 9.17) is 4.74 Å². The molecule has 0 bridgehead atoms. The number of allylic oxidation sites excluding steroid dienone is 1. The van der Waals surface area contributed by atoms with E-state index in [0.717, 1.165) is 15.7 Å². The average molecular weight is 487 g/mol. The number of likely N-dealkylation sites (N-methyl/N-ethyl adjacent to an activating group) is 1. The number of rotatable bonds is 4. The smallest absolute Gasteiger partial charge is 0.434 e. The highest BCUT2D eigenvalue weighted by atomic mass is 19.3. The number of amides is 3. The maximum Gasteiger partial charge on any atom is 0.434 e. The van der Waals surface area contributed by atoms with Gasteiger partial charge < -0.3 is 20.1 Å². The summed E-state index contributed by atoms with van der Waals surface area (Å²) >= 11 is 0. The SMILES string of the molecule is CNC(=O)C1=C(O)C2=NC=C(Cc3ccc(F)cc3)C3OC(C(=O)N4CC(F)(F)C4)=C[N+](=C23)C1=O. The molecule has 0 saturated carbocycles. The minimum atomic E-state index is -3.01. The van der Waals surface area contributed by atoms with Crippen molar-refractivity contribution in [2.24, 2.45) is 4.99 Å². The fourth-order valence-electron chi connectivity index (χ4n) is 4.21. The second-order valence-corrected chi connectivity index (χ2v) is 8.36. The lowest BCUT2D eigenvalue weighted by Crippen LogP contribution is -2.60. The second kappa shape index (κ2) is 7.93. The lowest BCUT2D eigenvalue weighted by molar-refractivity contribution is -0.385. The Kier molecular flexibility index (Phi) is 5.11. The third-order valence-corrected chi connectivity index (χ3v) is 5.95. The Morgan fingerprint density at radius 2 is 1.97 bits per heavy atom. The van der Waals surface area contributed by atoms with Gasteiger partial charge in [-0.1, -0.05) is 12.1 Å². The van der Waals surface area contributed by atoms with Crippen molar-refractivity contribution >= 4 is 29.1 Å². The van der Waals surface area contributed by atoms with Gasteiger partial charge in [0.2, 0.25) is 12.3 Å². The molecule has 5 rings (SSSR count). The van der Waals surface area contributed by atoms with E-state index < -0.39 is 60.0 Å². The molecule has 0 aromatic heterocycles. The largest absolute Gasteiger partial charge is 0.504 e. The maximum atomic E-state index is 13.4. The highest BCUT2D eigenvalue weighted by Crippen LogP contribution is 2.33. The molecule has 2 N–H and O–H groups in total. The van der Waals surface area contributed by atoms with Gasteiger partial charge >= 0.3 is 5.91 Å². The van der Waals surface area contributed by atoms with Crippen molar-refractivity contribution in [1.29, 1.82) is 0 Å². The molecule has 180 valence electrons. The first-order valence-corrected chi connectivity index (χ1v) is 10.5. The van der Waals surface area contributed by atoms with E-state index >= 15 is 0 Å². The van der Waals surface area contributed by atoms with Crippen molar-refractivity contribution in [3.63, 3.8) is 0 Å². The number of aliphatic hydroxyl groups is 1. The zero-order valence-corrected chi connectivity index (χ0v) is 18.2. The van der Waals surface area contributed by atoms with E-state index in [0.29, 0.717) is 11.1 Å². The molecule has 35 heavy (non-hydrogen) atoms.